The summed E-state index contributed by atoms with van der Waals surface area (Å²) in [6.07, 6.45) is -3.29. The number of rotatable bonds is 3. The van der Waals surface area contributed by atoms with Gasteiger partial charge in [-0.05, 0) is 60.8 Å². The van der Waals surface area contributed by atoms with E-state index in [1.165, 1.54) is 17.7 Å². The Hall–Kier alpha value is -2.25. The molecular formula is C18H19ClF3N3O. The topological polar surface area (TPSA) is 53.2 Å². The lowest BCUT2D eigenvalue weighted by atomic mass is 9.98. The highest BCUT2D eigenvalue weighted by atomic mass is 35.5. The number of carbonyl (C=O) groups is 1. The molecule has 140 valence electrons. The van der Waals surface area contributed by atoms with Gasteiger partial charge < -0.3 is 16.0 Å². The van der Waals surface area contributed by atoms with E-state index < -0.39 is 17.8 Å². The zero-order valence-corrected chi connectivity index (χ0v) is 14.6. The molecule has 4 nitrogen and oxygen atoms in total. The Labute approximate surface area is 155 Å². The summed E-state index contributed by atoms with van der Waals surface area (Å²) in [6, 6.07) is 11.4. The first-order valence-corrected chi connectivity index (χ1v) is 7.98. The number of amides is 2. The van der Waals surface area contributed by atoms with E-state index in [0.717, 1.165) is 31.6 Å². The largest absolute Gasteiger partial charge is 0.416 e. The molecule has 1 atom stereocenters. The van der Waals surface area contributed by atoms with Gasteiger partial charge in [0.1, 0.15) is 0 Å². The van der Waals surface area contributed by atoms with Crippen LogP contribution < -0.4 is 16.0 Å². The lowest BCUT2D eigenvalue weighted by Gasteiger charge is -2.12. The Kier molecular flexibility index (Phi) is 6.50. The molecule has 1 saturated heterocycles. The molecule has 0 bridgehead atoms. The minimum atomic E-state index is -4.39. The van der Waals surface area contributed by atoms with Gasteiger partial charge in [0.05, 0.1) is 5.56 Å². The van der Waals surface area contributed by atoms with Gasteiger partial charge in [-0.25, -0.2) is 4.79 Å². The minimum Gasteiger partial charge on any atom is -0.316 e. The fourth-order valence-corrected chi connectivity index (χ4v) is 2.81. The molecule has 1 aliphatic rings. The zero-order chi connectivity index (χ0) is 17.9. The second-order valence-electron chi connectivity index (χ2n) is 5.97. The number of anilines is 2. The number of nitrogens with one attached hydrogen (secondary N) is 3. The molecule has 0 spiro atoms. The van der Waals surface area contributed by atoms with Gasteiger partial charge in [-0.15, -0.1) is 12.4 Å². The van der Waals surface area contributed by atoms with E-state index in [1.54, 1.807) is 0 Å². The average Bonchev–Trinajstić information content (AvgIpc) is 3.09. The van der Waals surface area contributed by atoms with Crippen molar-refractivity contribution in [2.24, 2.45) is 0 Å². The summed E-state index contributed by atoms with van der Waals surface area (Å²) < 4.78 is 37.5. The summed E-state index contributed by atoms with van der Waals surface area (Å²) in [6.45, 7) is 1.97. The van der Waals surface area contributed by atoms with Crippen LogP contribution in [-0.2, 0) is 6.18 Å². The van der Waals surface area contributed by atoms with Crippen LogP contribution in [-0.4, -0.2) is 19.1 Å². The van der Waals surface area contributed by atoms with E-state index in [0.29, 0.717) is 17.3 Å². The Morgan fingerprint density at radius 2 is 1.50 bits per heavy atom. The van der Waals surface area contributed by atoms with Crippen molar-refractivity contribution in [2.45, 2.75) is 18.5 Å². The van der Waals surface area contributed by atoms with Crippen LogP contribution in [0.4, 0.5) is 29.3 Å². The first-order valence-electron chi connectivity index (χ1n) is 7.98. The molecule has 0 saturated carbocycles. The Morgan fingerprint density at radius 1 is 0.962 bits per heavy atom. The maximum Gasteiger partial charge on any atom is 0.416 e. The Bertz CT molecular complexity index is 727. The van der Waals surface area contributed by atoms with Crippen molar-refractivity contribution in [1.29, 1.82) is 0 Å². The van der Waals surface area contributed by atoms with E-state index in [4.69, 9.17) is 0 Å². The number of carbonyl (C=O) groups excluding carboxylic acids is 1. The molecule has 2 aromatic rings. The van der Waals surface area contributed by atoms with Crippen molar-refractivity contribution < 1.29 is 18.0 Å². The summed E-state index contributed by atoms with van der Waals surface area (Å²) in [5.74, 6) is 0.495. The van der Waals surface area contributed by atoms with Gasteiger partial charge in [-0.3, -0.25) is 0 Å². The number of halogens is 4. The molecule has 1 fully saturated rings. The predicted molar refractivity (Wildman–Crippen MR) is 98.0 cm³/mol. The SMILES string of the molecule is Cl.O=C(Nc1ccc(C2CCNC2)cc1)Nc1ccc(C(F)(F)F)cc1. The Morgan fingerprint density at radius 3 is 1.96 bits per heavy atom. The van der Waals surface area contributed by atoms with Crippen LogP contribution in [0.15, 0.2) is 48.5 Å². The molecule has 1 unspecified atom stereocenters. The summed E-state index contributed by atoms with van der Waals surface area (Å²) in [7, 11) is 0. The van der Waals surface area contributed by atoms with E-state index >= 15 is 0 Å². The fraction of sp³-hybridized carbons (Fsp3) is 0.278. The lowest BCUT2D eigenvalue weighted by Crippen LogP contribution is -2.19. The minimum absolute atomic E-state index is 0. The van der Waals surface area contributed by atoms with Gasteiger partial charge in [0, 0.05) is 17.9 Å². The van der Waals surface area contributed by atoms with Crippen molar-refractivity contribution >= 4 is 29.8 Å². The van der Waals surface area contributed by atoms with E-state index in [-0.39, 0.29) is 12.4 Å². The van der Waals surface area contributed by atoms with E-state index in [9.17, 15) is 18.0 Å². The molecule has 0 aliphatic carbocycles. The van der Waals surface area contributed by atoms with E-state index in [2.05, 4.69) is 16.0 Å². The maximum atomic E-state index is 12.5. The summed E-state index contributed by atoms with van der Waals surface area (Å²) in [5.41, 5.74) is 1.38. The van der Waals surface area contributed by atoms with Crippen LogP contribution >= 0.6 is 12.4 Å². The molecule has 2 amide bonds. The van der Waals surface area contributed by atoms with Gasteiger partial charge in [0.2, 0.25) is 0 Å². The second-order valence-corrected chi connectivity index (χ2v) is 5.97. The molecule has 8 heteroatoms. The molecule has 0 aromatic heterocycles. The zero-order valence-electron chi connectivity index (χ0n) is 13.8. The summed E-state index contributed by atoms with van der Waals surface area (Å²) in [4.78, 5) is 12.0. The number of hydrogen-bond acceptors (Lipinski definition) is 2. The van der Waals surface area contributed by atoms with Gasteiger partial charge in [0.25, 0.3) is 0 Å². The fourth-order valence-electron chi connectivity index (χ4n) is 2.81. The van der Waals surface area contributed by atoms with Gasteiger partial charge in [-0.1, -0.05) is 12.1 Å². The Balaban J connectivity index is 0.00000243. The molecule has 1 aliphatic heterocycles. The highest BCUT2D eigenvalue weighted by Crippen LogP contribution is 2.30. The molecule has 26 heavy (non-hydrogen) atoms. The van der Waals surface area contributed by atoms with Crippen LogP contribution in [0.2, 0.25) is 0 Å². The van der Waals surface area contributed by atoms with Gasteiger partial charge in [-0.2, -0.15) is 13.2 Å². The number of alkyl halides is 3. The quantitative estimate of drug-likeness (QED) is 0.707. The molecule has 0 radical (unpaired) electrons. The summed E-state index contributed by atoms with van der Waals surface area (Å²) >= 11 is 0. The van der Waals surface area contributed by atoms with Crippen LogP contribution in [0.3, 0.4) is 0 Å². The van der Waals surface area contributed by atoms with Crippen LogP contribution in [0.1, 0.15) is 23.5 Å². The smallest absolute Gasteiger partial charge is 0.316 e. The molecule has 1 heterocycles. The third-order valence-corrected chi connectivity index (χ3v) is 4.17. The van der Waals surface area contributed by atoms with Crippen molar-refractivity contribution in [3.8, 4) is 0 Å². The first kappa shape index (κ1) is 20.1. The maximum absolute atomic E-state index is 12.5. The normalized spacial score (nSPS) is 16.7. The third-order valence-electron chi connectivity index (χ3n) is 4.17. The molecular weight excluding hydrogens is 367 g/mol. The van der Waals surface area contributed by atoms with Crippen LogP contribution in [0, 0.1) is 0 Å². The monoisotopic (exact) mass is 385 g/mol. The molecule has 3 rings (SSSR count). The van der Waals surface area contributed by atoms with Crippen molar-refractivity contribution in [2.75, 3.05) is 23.7 Å². The van der Waals surface area contributed by atoms with E-state index in [1.807, 2.05) is 24.3 Å². The van der Waals surface area contributed by atoms with Gasteiger partial charge >= 0.3 is 12.2 Å². The number of hydrogen-bond donors (Lipinski definition) is 3. The highest BCUT2D eigenvalue weighted by Gasteiger charge is 2.30. The van der Waals surface area contributed by atoms with Crippen molar-refractivity contribution in [1.82, 2.24) is 5.32 Å². The van der Waals surface area contributed by atoms with Crippen LogP contribution in [0.25, 0.3) is 0 Å². The predicted octanol–water partition coefficient (Wildman–Crippen LogP) is 4.85. The summed E-state index contributed by atoms with van der Waals surface area (Å²) in [5, 5.41) is 8.48. The first-order chi connectivity index (χ1) is 11.9. The molecule has 3 N–H and O–H groups in total. The van der Waals surface area contributed by atoms with Crippen molar-refractivity contribution in [3.63, 3.8) is 0 Å². The number of benzene rings is 2. The second kappa shape index (κ2) is 8.42. The third kappa shape index (κ3) is 5.12. The van der Waals surface area contributed by atoms with Gasteiger partial charge in [0.15, 0.2) is 0 Å². The lowest BCUT2D eigenvalue weighted by molar-refractivity contribution is -0.137. The van der Waals surface area contributed by atoms with Crippen LogP contribution in [0.5, 0.6) is 0 Å². The standard InChI is InChI=1S/C18H18F3N3O.ClH/c19-18(20,21)14-3-7-16(8-4-14)24-17(25)23-15-5-1-12(2-6-15)13-9-10-22-11-13;/h1-8,13,22H,9-11H2,(H2,23,24,25);1H. The highest BCUT2D eigenvalue weighted by molar-refractivity contribution is 5.99. The van der Waals surface area contributed by atoms with Crippen molar-refractivity contribution in [3.05, 3.63) is 59.7 Å². The molecule has 2 aromatic carbocycles. The number of urea groups is 1. The average molecular weight is 386 g/mol.